The second-order valence-electron chi connectivity index (χ2n) is 30.4. The maximum Gasteiger partial charge on any atom is 0.364 e. The van der Waals surface area contributed by atoms with Crippen LogP contribution in [0.25, 0.3) is 0 Å². The first-order chi connectivity index (χ1) is 57.0. The Labute approximate surface area is 684 Å². The predicted molar refractivity (Wildman–Crippen MR) is 372 cm³/mol. The van der Waals surface area contributed by atoms with Crippen molar-refractivity contribution in [1.29, 1.82) is 0 Å². The van der Waals surface area contributed by atoms with E-state index < -0.39 is 383 Å². The molecule has 9 fully saturated rings. The summed E-state index contributed by atoms with van der Waals surface area (Å²) in [6.45, 7) is -5.64. The van der Waals surface area contributed by atoms with Crippen LogP contribution < -0.4 is 26.6 Å². The zero-order valence-electron chi connectivity index (χ0n) is 65.1. The van der Waals surface area contributed by atoms with E-state index in [0.29, 0.717) is 0 Å². The second kappa shape index (κ2) is 43.3. The molecule has 0 radical (unpaired) electrons. The van der Waals surface area contributed by atoms with Crippen molar-refractivity contribution in [1.82, 2.24) is 26.6 Å². The van der Waals surface area contributed by atoms with Gasteiger partial charge in [0.1, 0.15) is 213 Å². The van der Waals surface area contributed by atoms with Crippen LogP contribution in [0, 0.1) is 0 Å². The molecule has 54 nitrogen and oxygen atoms in total. The van der Waals surface area contributed by atoms with E-state index in [4.69, 9.17) is 80.5 Å². The minimum atomic E-state index is -3.09. The van der Waals surface area contributed by atoms with Crippen LogP contribution in [0.1, 0.15) is 41.0 Å². The first kappa shape index (κ1) is 99.9. The van der Waals surface area contributed by atoms with Crippen molar-refractivity contribution >= 4 is 35.5 Å². The van der Waals surface area contributed by atoms with Gasteiger partial charge in [-0.3, -0.25) is 24.0 Å². The van der Waals surface area contributed by atoms with Crippen LogP contribution in [0.15, 0.2) is 0 Å². The number of aliphatic hydroxyl groups excluding tert-OH is 25. The van der Waals surface area contributed by atoms with Crippen LogP contribution in [0.3, 0.4) is 0 Å². The van der Waals surface area contributed by atoms with Crippen molar-refractivity contribution < 1.29 is 242 Å². The number of ether oxygens (including phenoxy) is 17. The van der Waals surface area contributed by atoms with Gasteiger partial charge in [0.25, 0.3) is 5.79 Å². The maximum absolute atomic E-state index is 13.2. The number of hydrogen-bond acceptors (Lipinski definition) is 48. The molecule has 0 bridgehead atoms. The molecule has 9 saturated heterocycles. The molecule has 0 spiro atoms. The van der Waals surface area contributed by atoms with Gasteiger partial charge in [-0.1, -0.05) is 0 Å². The summed E-state index contributed by atoms with van der Waals surface area (Å²) in [6.07, 6.45) is -87.4. The lowest BCUT2D eigenvalue weighted by Crippen LogP contribution is -2.71. The van der Waals surface area contributed by atoms with Gasteiger partial charge in [-0.2, -0.15) is 0 Å². The van der Waals surface area contributed by atoms with Crippen molar-refractivity contribution in [3.05, 3.63) is 0 Å². The Hall–Kier alpha value is -4.86. The highest BCUT2D eigenvalue weighted by atomic mass is 16.8. The molecule has 54 heteroatoms. The number of carboxylic acid groups (broad SMARTS) is 1. The van der Waals surface area contributed by atoms with Crippen molar-refractivity contribution in [2.75, 3.05) is 59.5 Å². The number of hydrogen-bond donors (Lipinski definition) is 31. The largest absolute Gasteiger partial charge is 0.477 e. The minimum absolute atomic E-state index is 0.798. The van der Waals surface area contributed by atoms with Gasteiger partial charge in [-0.15, -0.1) is 0 Å². The average Bonchev–Trinajstić information content (AvgIpc) is 0.769. The summed E-state index contributed by atoms with van der Waals surface area (Å²) in [4.78, 5) is 75.9. The number of amides is 5. The number of carboxylic acids is 1. The quantitative estimate of drug-likeness (QED) is 0.0290. The third-order valence-corrected chi connectivity index (χ3v) is 21.7. The van der Waals surface area contributed by atoms with Gasteiger partial charge in [0.05, 0.1) is 71.6 Å². The number of carbonyl (C=O) groups excluding carboxylic acids is 5. The van der Waals surface area contributed by atoms with E-state index in [2.05, 4.69) is 26.6 Å². The molecule has 5 amide bonds. The Bertz CT molecular complexity index is 3340. The summed E-state index contributed by atoms with van der Waals surface area (Å²) in [5.74, 6) is -9.64. The standard InChI is InChI=1S/C67H111N5O49/c1-16(80)68-31-21(85)6-67(66(103)104,121-54(31)36(87)22(86)7-73)106-15-30-40(91)46(97)49(100)62(114-30)116-52-27(12-78)112-61(35(45(52)96)72-20(5)84)120-57-48(99)39(90)25(10-76)110-65(57)118-55-41(92)29(14-105-64-56(47(98)38(89)24(9-75)109-64)119-59-33(70-18(3)82)42(93)37(88)23(8-74)108-59)113-63(50(55)101)117-53-28(13-79)111-60(34(44(53)95)71-19(4)83)115-51-26(11-77)107-58(102)32(43(51)94)69-17(2)81/h21-65,73-79,85-102H,6-15H2,1-5H3,(H,68,80)(H,69,81)(H,70,82)(H,71,83)(H,72,84)(H,103,104). The summed E-state index contributed by atoms with van der Waals surface area (Å²) in [7, 11) is 0. The molecule has 0 saturated carbocycles. The van der Waals surface area contributed by atoms with E-state index >= 15 is 0 Å². The summed E-state index contributed by atoms with van der Waals surface area (Å²) in [5, 5.41) is 302. The molecule has 0 aliphatic carbocycles. The van der Waals surface area contributed by atoms with E-state index in [-0.39, 0.29) is 0 Å². The number of aliphatic carboxylic acids is 1. The van der Waals surface area contributed by atoms with Gasteiger partial charge in [0.15, 0.2) is 50.3 Å². The molecule has 9 rings (SSSR count). The fraction of sp³-hybridized carbons (Fsp3) is 0.910. The van der Waals surface area contributed by atoms with E-state index in [0.717, 1.165) is 34.6 Å². The molecule has 46 atom stereocenters. The lowest BCUT2D eigenvalue weighted by Gasteiger charge is -2.51. The molecule has 46 unspecified atom stereocenters. The number of rotatable bonds is 33. The highest BCUT2D eigenvalue weighted by Crippen LogP contribution is 2.41. The number of aliphatic hydroxyl groups is 25. The zero-order valence-corrected chi connectivity index (χ0v) is 65.1. The molecule has 0 aromatic heterocycles. The third-order valence-electron chi connectivity index (χ3n) is 21.7. The molecule has 9 aliphatic rings. The van der Waals surface area contributed by atoms with Gasteiger partial charge < -0.3 is 240 Å². The maximum atomic E-state index is 13.2. The second-order valence-corrected chi connectivity index (χ2v) is 30.4. The fourth-order valence-corrected chi connectivity index (χ4v) is 15.4. The normalized spacial score (nSPS) is 46.6. The molecule has 0 aromatic rings. The summed E-state index contributed by atoms with van der Waals surface area (Å²) < 4.78 is 101. The van der Waals surface area contributed by atoms with Gasteiger partial charge in [-0.25, -0.2) is 4.79 Å². The molecule has 31 N–H and O–H groups in total. The van der Waals surface area contributed by atoms with Crippen molar-refractivity contribution in [2.24, 2.45) is 0 Å². The van der Waals surface area contributed by atoms with Crippen molar-refractivity contribution in [3.63, 3.8) is 0 Å². The van der Waals surface area contributed by atoms with Crippen LogP contribution in [0.5, 0.6) is 0 Å². The average molecular weight is 1770 g/mol. The summed E-state index contributed by atoms with van der Waals surface area (Å²) >= 11 is 0. The SMILES string of the molecule is CC(=O)NC1C(O)OC(CO)C(OC2OC(CO)C(OC3OC(COC4OC(CO)C(O)C(O)C4OC4OC(CO)C(O)C(O)C4NC(C)=O)C(O)C(OC4OC(CO)C(O)C(O)C4OC4OC(CO)C(OC5OC(COC6(C(=O)O)CC(O)C(NC(C)=O)C(C(O)C(O)CO)O6)C(O)C(O)C5O)C(O)C4NC(C)=O)C3O)C(O)C2NC(C)=O)C1O. The Morgan fingerprint density at radius 1 is 0.339 bits per heavy atom. The highest BCUT2D eigenvalue weighted by molar-refractivity contribution is 5.77. The molecular formula is C67H111N5O49. The van der Waals surface area contributed by atoms with Crippen molar-refractivity contribution in [3.8, 4) is 0 Å². The van der Waals surface area contributed by atoms with Crippen LogP contribution in [-0.2, 0) is 109 Å². The Morgan fingerprint density at radius 3 is 1.12 bits per heavy atom. The van der Waals surface area contributed by atoms with Crippen LogP contribution in [0.4, 0.5) is 0 Å². The van der Waals surface area contributed by atoms with Gasteiger partial charge >= 0.3 is 5.97 Å². The van der Waals surface area contributed by atoms with Crippen LogP contribution >= 0.6 is 0 Å². The van der Waals surface area contributed by atoms with Crippen molar-refractivity contribution in [2.45, 2.75) is 323 Å². The molecule has 121 heavy (non-hydrogen) atoms. The Balaban J connectivity index is 1.03. The molecule has 9 aliphatic heterocycles. The first-order valence-corrected chi connectivity index (χ1v) is 38.2. The highest BCUT2D eigenvalue weighted by Gasteiger charge is 2.62. The summed E-state index contributed by atoms with van der Waals surface area (Å²) in [6, 6.07) is -9.13. The van der Waals surface area contributed by atoms with Crippen LogP contribution in [-0.4, -0.2) is 509 Å². The Morgan fingerprint density at radius 2 is 0.678 bits per heavy atom. The van der Waals surface area contributed by atoms with E-state index in [1.54, 1.807) is 0 Å². The van der Waals surface area contributed by atoms with Gasteiger partial charge in [0.2, 0.25) is 29.5 Å². The van der Waals surface area contributed by atoms with Gasteiger partial charge in [0, 0.05) is 41.0 Å². The number of nitrogens with one attached hydrogen (secondary N) is 5. The third kappa shape index (κ3) is 22.5. The molecular weight excluding hydrogens is 1660 g/mol. The van der Waals surface area contributed by atoms with E-state index in [1.807, 2.05) is 0 Å². The molecule has 0 aromatic carbocycles. The summed E-state index contributed by atoms with van der Waals surface area (Å²) in [5.41, 5.74) is 0. The predicted octanol–water partition coefficient (Wildman–Crippen LogP) is -20.7. The lowest BCUT2D eigenvalue weighted by atomic mass is 9.88. The zero-order chi connectivity index (χ0) is 89.6. The molecule has 9 heterocycles. The lowest BCUT2D eigenvalue weighted by molar-refractivity contribution is -0.399. The smallest absolute Gasteiger partial charge is 0.364 e. The van der Waals surface area contributed by atoms with E-state index in [9.17, 15) is 162 Å². The Kier molecular flexibility index (Phi) is 35.7. The first-order valence-electron chi connectivity index (χ1n) is 38.2. The fourth-order valence-electron chi connectivity index (χ4n) is 15.4. The number of carbonyl (C=O) groups is 6. The monoisotopic (exact) mass is 1770 g/mol. The van der Waals surface area contributed by atoms with E-state index in [1.165, 1.54) is 0 Å². The molecule has 698 valence electrons. The topological polar surface area (TPSA) is 845 Å². The van der Waals surface area contributed by atoms with Crippen LogP contribution in [0.2, 0.25) is 0 Å². The van der Waals surface area contributed by atoms with Gasteiger partial charge in [-0.05, 0) is 0 Å². The minimum Gasteiger partial charge on any atom is -0.477 e.